The Labute approximate surface area is 133 Å². The molecule has 1 heterocycles. The minimum Gasteiger partial charge on any atom is -0.506 e. The van der Waals surface area contributed by atoms with Crippen molar-refractivity contribution in [3.05, 3.63) is 46.2 Å². The largest absolute Gasteiger partial charge is 0.506 e. The third kappa shape index (κ3) is 3.36. The number of halogens is 1. The van der Waals surface area contributed by atoms with E-state index >= 15 is 0 Å². The zero-order valence-electron chi connectivity index (χ0n) is 12.5. The van der Waals surface area contributed by atoms with E-state index in [1.165, 1.54) is 16.8 Å². The molecule has 0 unspecified atom stereocenters. The van der Waals surface area contributed by atoms with Gasteiger partial charge in [0.1, 0.15) is 11.4 Å². The Morgan fingerprint density at radius 3 is 2.73 bits per heavy atom. The Balaban J connectivity index is 2.18. The molecule has 116 valence electrons. The Bertz CT molecular complexity index is 722. The Kier molecular flexibility index (Phi) is 4.98. The zero-order valence-corrected chi connectivity index (χ0v) is 13.2. The Morgan fingerprint density at radius 2 is 2.05 bits per heavy atom. The van der Waals surface area contributed by atoms with E-state index in [0.29, 0.717) is 5.69 Å². The molecular formula is C16H17ClN2O3. The summed E-state index contributed by atoms with van der Waals surface area (Å²) in [5, 5.41) is 14.1. The lowest BCUT2D eigenvalue weighted by molar-refractivity contribution is 0.0888. The maximum Gasteiger partial charge on any atom is 0.188 e. The van der Waals surface area contributed by atoms with Crippen molar-refractivity contribution in [3.63, 3.8) is 0 Å². The number of aromatic nitrogens is 2. The lowest BCUT2D eigenvalue weighted by atomic mass is 10.0. The van der Waals surface area contributed by atoms with E-state index in [0.717, 1.165) is 18.5 Å². The summed E-state index contributed by atoms with van der Waals surface area (Å²) < 4.78 is 1.48. The van der Waals surface area contributed by atoms with Gasteiger partial charge in [-0.1, -0.05) is 31.0 Å². The average Bonchev–Trinajstić information content (AvgIpc) is 2.83. The third-order valence-electron chi connectivity index (χ3n) is 3.33. The van der Waals surface area contributed by atoms with Crippen molar-refractivity contribution in [1.29, 1.82) is 0 Å². The second kappa shape index (κ2) is 6.75. The van der Waals surface area contributed by atoms with Crippen LogP contribution in [0.1, 0.15) is 46.3 Å². The van der Waals surface area contributed by atoms with E-state index in [9.17, 15) is 14.7 Å². The summed E-state index contributed by atoms with van der Waals surface area (Å²) in [5.41, 5.74) is 1.27. The molecule has 2 rings (SSSR count). The quantitative estimate of drug-likeness (QED) is 0.655. The first-order chi connectivity index (χ1) is 10.4. The van der Waals surface area contributed by atoms with Gasteiger partial charge >= 0.3 is 0 Å². The third-order valence-corrected chi connectivity index (χ3v) is 3.64. The van der Waals surface area contributed by atoms with E-state index in [-0.39, 0.29) is 28.5 Å². The summed E-state index contributed by atoms with van der Waals surface area (Å²) in [5.74, 6) is -1.09. The van der Waals surface area contributed by atoms with Crippen LogP contribution in [0, 0.1) is 0 Å². The molecule has 0 saturated heterocycles. The van der Waals surface area contributed by atoms with Crippen LogP contribution >= 0.6 is 11.6 Å². The predicted octanol–water partition coefficient (Wildman–Crippen LogP) is 3.19. The standard InChI is InChI=1S/C16H17ClN2O3/c1-3-5-10-8-13(19(2)18-10)15(21)9-14(20)11-6-4-7-12(17)16(11)22/h4,6-8,22H,3,5,9H2,1-2H3. The molecular weight excluding hydrogens is 304 g/mol. The van der Waals surface area contributed by atoms with Crippen LogP contribution in [-0.2, 0) is 13.5 Å². The highest BCUT2D eigenvalue weighted by molar-refractivity contribution is 6.32. The summed E-state index contributed by atoms with van der Waals surface area (Å²) >= 11 is 5.77. The van der Waals surface area contributed by atoms with Crippen molar-refractivity contribution in [2.75, 3.05) is 0 Å². The number of rotatable bonds is 6. The molecule has 0 amide bonds. The molecule has 0 aliphatic heterocycles. The molecule has 0 bridgehead atoms. The van der Waals surface area contributed by atoms with Crippen molar-refractivity contribution in [3.8, 4) is 5.75 Å². The lowest BCUT2D eigenvalue weighted by Gasteiger charge is -2.05. The number of benzene rings is 1. The van der Waals surface area contributed by atoms with Gasteiger partial charge in [-0.3, -0.25) is 14.3 Å². The zero-order chi connectivity index (χ0) is 16.3. The van der Waals surface area contributed by atoms with Crippen LogP contribution in [0.5, 0.6) is 5.75 Å². The number of aryl methyl sites for hydroxylation is 2. The molecule has 0 atom stereocenters. The van der Waals surface area contributed by atoms with Gasteiger partial charge < -0.3 is 5.11 Å². The summed E-state index contributed by atoms with van der Waals surface area (Å²) in [6.45, 7) is 2.03. The number of hydrogen-bond acceptors (Lipinski definition) is 4. The first-order valence-electron chi connectivity index (χ1n) is 7.00. The van der Waals surface area contributed by atoms with E-state index in [2.05, 4.69) is 5.10 Å². The molecule has 0 aliphatic rings. The second-order valence-electron chi connectivity index (χ2n) is 5.05. The number of para-hydroxylation sites is 1. The van der Waals surface area contributed by atoms with Crippen LogP contribution < -0.4 is 0 Å². The van der Waals surface area contributed by atoms with Crippen LogP contribution in [0.25, 0.3) is 0 Å². The van der Waals surface area contributed by atoms with Gasteiger partial charge in [-0.25, -0.2) is 0 Å². The van der Waals surface area contributed by atoms with Crippen molar-refractivity contribution in [2.45, 2.75) is 26.2 Å². The SMILES string of the molecule is CCCc1cc(C(=O)CC(=O)c2cccc(Cl)c2O)n(C)n1. The van der Waals surface area contributed by atoms with E-state index in [4.69, 9.17) is 11.6 Å². The molecule has 22 heavy (non-hydrogen) atoms. The van der Waals surface area contributed by atoms with Gasteiger partial charge in [-0.2, -0.15) is 5.10 Å². The number of Topliss-reactive ketones (excluding diaryl/α,β-unsaturated/α-hetero) is 2. The fraction of sp³-hybridized carbons (Fsp3) is 0.312. The number of nitrogens with zero attached hydrogens (tertiary/aromatic N) is 2. The van der Waals surface area contributed by atoms with Gasteiger partial charge in [0.2, 0.25) is 0 Å². The molecule has 0 saturated carbocycles. The highest BCUT2D eigenvalue weighted by atomic mass is 35.5. The highest BCUT2D eigenvalue weighted by Gasteiger charge is 2.20. The molecule has 5 nitrogen and oxygen atoms in total. The van der Waals surface area contributed by atoms with Crippen LogP contribution in [0.15, 0.2) is 24.3 Å². The minimum absolute atomic E-state index is 0.0526. The lowest BCUT2D eigenvalue weighted by Crippen LogP contribution is -2.12. The molecule has 1 aromatic carbocycles. The Hall–Kier alpha value is -2.14. The molecule has 1 aromatic heterocycles. The van der Waals surface area contributed by atoms with Crippen LogP contribution in [0.4, 0.5) is 0 Å². The van der Waals surface area contributed by atoms with Crippen LogP contribution in [0.3, 0.4) is 0 Å². The van der Waals surface area contributed by atoms with Crippen LogP contribution in [-0.4, -0.2) is 26.5 Å². The highest BCUT2D eigenvalue weighted by Crippen LogP contribution is 2.28. The number of carbonyl (C=O) groups excluding carboxylic acids is 2. The molecule has 2 aromatic rings. The number of hydrogen-bond donors (Lipinski definition) is 1. The number of carbonyl (C=O) groups is 2. The maximum absolute atomic E-state index is 12.3. The average molecular weight is 321 g/mol. The first-order valence-corrected chi connectivity index (χ1v) is 7.38. The van der Waals surface area contributed by atoms with Gasteiger partial charge in [0, 0.05) is 7.05 Å². The van der Waals surface area contributed by atoms with Gasteiger partial charge in [-0.15, -0.1) is 0 Å². The molecule has 6 heteroatoms. The minimum atomic E-state index is -0.469. The topological polar surface area (TPSA) is 72.2 Å². The Morgan fingerprint density at radius 1 is 1.32 bits per heavy atom. The predicted molar refractivity (Wildman–Crippen MR) is 83.6 cm³/mol. The van der Waals surface area contributed by atoms with Gasteiger partial charge in [0.15, 0.2) is 11.6 Å². The van der Waals surface area contributed by atoms with Gasteiger partial charge in [-0.05, 0) is 24.6 Å². The second-order valence-corrected chi connectivity index (χ2v) is 5.46. The van der Waals surface area contributed by atoms with E-state index in [1.54, 1.807) is 19.2 Å². The van der Waals surface area contributed by atoms with Crippen molar-refractivity contribution in [1.82, 2.24) is 9.78 Å². The van der Waals surface area contributed by atoms with Crippen molar-refractivity contribution in [2.24, 2.45) is 7.05 Å². The number of phenolic OH excluding ortho intramolecular Hbond substituents is 1. The summed E-state index contributed by atoms with van der Waals surface area (Å²) in [6.07, 6.45) is 1.38. The normalized spacial score (nSPS) is 10.7. The van der Waals surface area contributed by atoms with Crippen LogP contribution in [0.2, 0.25) is 5.02 Å². The summed E-state index contributed by atoms with van der Waals surface area (Å²) in [4.78, 5) is 24.4. The number of phenols is 1. The fourth-order valence-corrected chi connectivity index (χ4v) is 2.41. The van der Waals surface area contributed by atoms with E-state index in [1.807, 2.05) is 6.92 Å². The summed E-state index contributed by atoms with van der Waals surface area (Å²) in [6, 6.07) is 6.19. The van der Waals surface area contributed by atoms with Crippen molar-refractivity contribution >= 4 is 23.2 Å². The molecule has 0 radical (unpaired) electrons. The molecule has 1 N–H and O–H groups in total. The van der Waals surface area contributed by atoms with Crippen molar-refractivity contribution < 1.29 is 14.7 Å². The van der Waals surface area contributed by atoms with Gasteiger partial charge in [0.25, 0.3) is 0 Å². The fourth-order valence-electron chi connectivity index (χ4n) is 2.24. The van der Waals surface area contributed by atoms with Gasteiger partial charge in [0.05, 0.1) is 22.7 Å². The monoisotopic (exact) mass is 320 g/mol. The number of ketones is 2. The maximum atomic E-state index is 12.3. The molecule has 0 aliphatic carbocycles. The molecule has 0 spiro atoms. The van der Waals surface area contributed by atoms with E-state index < -0.39 is 5.78 Å². The first kappa shape index (κ1) is 16.2. The molecule has 0 fully saturated rings. The summed E-state index contributed by atoms with van der Waals surface area (Å²) in [7, 11) is 1.67. The smallest absolute Gasteiger partial charge is 0.188 e. The number of aromatic hydroxyl groups is 1.